The number of hydrogen-bond donors (Lipinski definition) is 1. The summed E-state index contributed by atoms with van der Waals surface area (Å²) in [6.45, 7) is 1.82. The van der Waals surface area contributed by atoms with Crippen LogP contribution in [0, 0.1) is 6.92 Å². The van der Waals surface area contributed by atoms with E-state index in [-0.39, 0.29) is 5.03 Å². The van der Waals surface area contributed by atoms with Crippen LogP contribution in [-0.2, 0) is 10.0 Å². The monoisotopic (exact) mass is 172 g/mol. The maximum absolute atomic E-state index is 10.7. The van der Waals surface area contributed by atoms with E-state index < -0.39 is 10.0 Å². The Labute approximate surface area is 65.1 Å². The Hall–Kier alpha value is -0.940. The third-order valence-electron chi connectivity index (χ3n) is 1.18. The number of pyridine rings is 1. The molecule has 0 aliphatic rings. The lowest BCUT2D eigenvalue weighted by atomic mass is 10.3. The first-order chi connectivity index (χ1) is 5.00. The smallest absolute Gasteiger partial charge is 0.243 e. The first-order valence-corrected chi connectivity index (χ1v) is 4.50. The van der Waals surface area contributed by atoms with Crippen LogP contribution in [-0.4, -0.2) is 13.4 Å². The molecule has 0 atom stereocenters. The van der Waals surface area contributed by atoms with Gasteiger partial charge < -0.3 is 0 Å². The van der Waals surface area contributed by atoms with Crippen LogP contribution in [0.2, 0.25) is 0 Å². The molecule has 0 radical (unpaired) electrons. The Morgan fingerprint density at radius 1 is 1.45 bits per heavy atom. The molecular formula is C6H8N2O2S. The molecule has 0 spiro atoms. The molecule has 0 fully saturated rings. The predicted octanol–water partition coefficient (Wildman–Crippen LogP) is 0.0374. The van der Waals surface area contributed by atoms with Gasteiger partial charge in [-0.3, -0.25) is 0 Å². The number of sulfonamides is 1. The molecular weight excluding hydrogens is 164 g/mol. The van der Waals surface area contributed by atoms with Crippen molar-refractivity contribution in [2.24, 2.45) is 5.14 Å². The van der Waals surface area contributed by atoms with Crippen LogP contribution < -0.4 is 5.14 Å². The van der Waals surface area contributed by atoms with Gasteiger partial charge in [0.2, 0.25) is 0 Å². The van der Waals surface area contributed by atoms with E-state index in [2.05, 4.69) is 4.98 Å². The molecule has 60 valence electrons. The van der Waals surface area contributed by atoms with Crippen molar-refractivity contribution in [1.29, 1.82) is 0 Å². The van der Waals surface area contributed by atoms with E-state index in [1.165, 1.54) is 12.3 Å². The van der Waals surface area contributed by atoms with Crippen molar-refractivity contribution in [2.45, 2.75) is 11.9 Å². The summed E-state index contributed by atoms with van der Waals surface area (Å²) in [5.41, 5.74) is 0.900. The van der Waals surface area contributed by atoms with Crippen LogP contribution in [0.25, 0.3) is 0 Å². The Morgan fingerprint density at radius 2 is 2.09 bits per heavy atom. The van der Waals surface area contributed by atoms with E-state index >= 15 is 0 Å². The van der Waals surface area contributed by atoms with Crippen molar-refractivity contribution in [2.75, 3.05) is 0 Å². The fraction of sp³-hybridized carbons (Fsp3) is 0.167. The molecule has 11 heavy (non-hydrogen) atoms. The quantitative estimate of drug-likeness (QED) is 0.649. The van der Waals surface area contributed by atoms with Crippen molar-refractivity contribution in [3.8, 4) is 0 Å². The fourth-order valence-electron chi connectivity index (χ4n) is 0.623. The number of aryl methyl sites for hydroxylation is 1. The van der Waals surface area contributed by atoms with E-state index in [0.717, 1.165) is 5.56 Å². The number of aromatic nitrogens is 1. The van der Waals surface area contributed by atoms with Gasteiger partial charge in [0.25, 0.3) is 10.0 Å². The SMILES string of the molecule is Cc1ccc(S(N)(=O)=O)nc1. The zero-order chi connectivity index (χ0) is 8.48. The van der Waals surface area contributed by atoms with Gasteiger partial charge in [0.1, 0.15) is 0 Å². The summed E-state index contributed by atoms with van der Waals surface area (Å²) in [5.74, 6) is 0. The summed E-state index contributed by atoms with van der Waals surface area (Å²) in [4.78, 5) is 3.64. The van der Waals surface area contributed by atoms with Crippen molar-refractivity contribution in [1.82, 2.24) is 4.98 Å². The Balaban J connectivity index is 3.20. The topological polar surface area (TPSA) is 73.1 Å². The highest BCUT2D eigenvalue weighted by atomic mass is 32.2. The zero-order valence-electron chi connectivity index (χ0n) is 5.98. The lowest BCUT2D eigenvalue weighted by molar-refractivity contribution is 0.594. The minimum Gasteiger partial charge on any atom is -0.243 e. The van der Waals surface area contributed by atoms with E-state index in [1.54, 1.807) is 6.07 Å². The minimum absolute atomic E-state index is 0.0944. The van der Waals surface area contributed by atoms with Gasteiger partial charge in [0.05, 0.1) is 0 Å². The Morgan fingerprint density at radius 3 is 2.45 bits per heavy atom. The number of nitrogens with zero attached hydrogens (tertiary/aromatic N) is 1. The molecule has 1 rings (SSSR count). The van der Waals surface area contributed by atoms with Crippen LogP contribution in [0.4, 0.5) is 0 Å². The second-order valence-electron chi connectivity index (χ2n) is 2.22. The molecule has 5 heteroatoms. The van der Waals surface area contributed by atoms with Gasteiger partial charge in [-0.05, 0) is 18.6 Å². The molecule has 1 heterocycles. The molecule has 0 aliphatic carbocycles. The first-order valence-electron chi connectivity index (χ1n) is 2.95. The molecule has 0 unspecified atom stereocenters. The minimum atomic E-state index is -3.63. The molecule has 0 bridgehead atoms. The number of nitrogens with two attached hydrogens (primary N) is 1. The van der Waals surface area contributed by atoms with E-state index in [0.29, 0.717) is 0 Å². The summed E-state index contributed by atoms with van der Waals surface area (Å²) in [6, 6.07) is 3.03. The first kappa shape index (κ1) is 8.16. The molecule has 2 N–H and O–H groups in total. The molecule has 0 amide bonds. The highest BCUT2D eigenvalue weighted by molar-refractivity contribution is 7.89. The normalized spacial score (nSPS) is 11.5. The maximum Gasteiger partial charge on any atom is 0.255 e. The van der Waals surface area contributed by atoms with Gasteiger partial charge in [-0.25, -0.2) is 18.5 Å². The molecule has 0 aromatic carbocycles. The predicted molar refractivity (Wildman–Crippen MR) is 40.3 cm³/mol. The number of hydrogen-bond acceptors (Lipinski definition) is 3. The zero-order valence-corrected chi connectivity index (χ0v) is 6.80. The summed E-state index contributed by atoms with van der Waals surface area (Å²) < 4.78 is 21.3. The molecule has 4 nitrogen and oxygen atoms in total. The summed E-state index contributed by atoms with van der Waals surface area (Å²) in [7, 11) is -3.63. The van der Waals surface area contributed by atoms with Gasteiger partial charge in [-0.2, -0.15) is 0 Å². The standard InChI is InChI=1S/C6H8N2O2S/c1-5-2-3-6(8-4-5)11(7,9)10/h2-4H,1H3,(H2,7,9,10). The second-order valence-corrected chi connectivity index (χ2v) is 3.73. The lowest BCUT2D eigenvalue weighted by Crippen LogP contribution is -2.13. The Bertz CT molecular complexity index is 341. The van der Waals surface area contributed by atoms with Gasteiger partial charge in [-0.1, -0.05) is 6.07 Å². The molecule has 1 aromatic rings. The highest BCUT2D eigenvalue weighted by Crippen LogP contribution is 2.02. The maximum atomic E-state index is 10.7. The Kier molecular flexibility index (Phi) is 1.92. The third-order valence-corrected chi connectivity index (χ3v) is 2.00. The van der Waals surface area contributed by atoms with Crippen molar-refractivity contribution in [3.63, 3.8) is 0 Å². The van der Waals surface area contributed by atoms with Crippen LogP contribution in [0.1, 0.15) is 5.56 Å². The van der Waals surface area contributed by atoms with Crippen LogP contribution >= 0.6 is 0 Å². The van der Waals surface area contributed by atoms with E-state index in [9.17, 15) is 8.42 Å². The van der Waals surface area contributed by atoms with Gasteiger partial charge in [0.15, 0.2) is 5.03 Å². The number of primary sulfonamides is 1. The summed E-state index contributed by atoms with van der Waals surface area (Å²) >= 11 is 0. The van der Waals surface area contributed by atoms with Crippen LogP contribution in [0.3, 0.4) is 0 Å². The largest absolute Gasteiger partial charge is 0.255 e. The van der Waals surface area contributed by atoms with Crippen molar-refractivity contribution in [3.05, 3.63) is 23.9 Å². The van der Waals surface area contributed by atoms with Crippen molar-refractivity contribution >= 4 is 10.0 Å². The lowest BCUT2D eigenvalue weighted by Gasteiger charge is -1.95. The van der Waals surface area contributed by atoms with Crippen LogP contribution in [0.15, 0.2) is 23.4 Å². The fourth-order valence-corrected chi connectivity index (χ4v) is 1.08. The van der Waals surface area contributed by atoms with Crippen molar-refractivity contribution < 1.29 is 8.42 Å². The average molecular weight is 172 g/mol. The molecule has 0 saturated carbocycles. The number of rotatable bonds is 1. The second kappa shape index (κ2) is 2.60. The van der Waals surface area contributed by atoms with E-state index in [1.807, 2.05) is 6.92 Å². The molecule has 0 aliphatic heterocycles. The van der Waals surface area contributed by atoms with Gasteiger partial charge in [-0.15, -0.1) is 0 Å². The van der Waals surface area contributed by atoms with Gasteiger partial charge >= 0.3 is 0 Å². The third kappa shape index (κ3) is 1.99. The molecule has 1 aromatic heterocycles. The average Bonchev–Trinajstić information content (AvgIpc) is 1.86. The molecule has 0 saturated heterocycles. The van der Waals surface area contributed by atoms with E-state index in [4.69, 9.17) is 5.14 Å². The van der Waals surface area contributed by atoms with Gasteiger partial charge in [0, 0.05) is 6.20 Å². The van der Waals surface area contributed by atoms with Crippen LogP contribution in [0.5, 0.6) is 0 Å². The summed E-state index contributed by atoms with van der Waals surface area (Å²) in [5, 5.41) is 4.72. The highest BCUT2D eigenvalue weighted by Gasteiger charge is 2.06. The summed E-state index contributed by atoms with van der Waals surface area (Å²) in [6.07, 6.45) is 1.46.